The number of hydrogen-bond acceptors (Lipinski definition) is 11. The molecular formula is C38H41N5O9. The molecule has 0 radical (unpaired) electrons. The fourth-order valence-electron chi connectivity index (χ4n) is 5.68. The molecule has 3 aromatic carbocycles. The predicted octanol–water partition coefficient (Wildman–Crippen LogP) is 3.70. The van der Waals surface area contributed by atoms with Gasteiger partial charge in [0.1, 0.15) is 30.0 Å². The lowest BCUT2D eigenvalue weighted by Gasteiger charge is -2.41. The average Bonchev–Trinajstić information content (AvgIpc) is 3.63. The lowest BCUT2D eigenvalue weighted by atomic mass is 10.0. The molecular weight excluding hydrogens is 670 g/mol. The van der Waals surface area contributed by atoms with Crippen molar-refractivity contribution in [2.75, 3.05) is 33.9 Å². The van der Waals surface area contributed by atoms with Crippen LogP contribution < -0.4 is 10.1 Å². The van der Waals surface area contributed by atoms with Crippen LogP contribution in [-0.4, -0.2) is 101 Å². The Morgan fingerprint density at radius 2 is 1.60 bits per heavy atom. The lowest BCUT2D eigenvalue weighted by molar-refractivity contribution is -0.164. The van der Waals surface area contributed by atoms with Gasteiger partial charge < -0.3 is 33.9 Å². The van der Waals surface area contributed by atoms with Crippen molar-refractivity contribution >= 4 is 29.7 Å². The molecule has 52 heavy (non-hydrogen) atoms. The largest absolute Gasteiger partial charge is 0.497 e. The van der Waals surface area contributed by atoms with Gasteiger partial charge in [-0.1, -0.05) is 47.6 Å². The van der Waals surface area contributed by atoms with E-state index in [4.69, 9.17) is 18.7 Å². The summed E-state index contributed by atoms with van der Waals surface area (Å²) in [7, 11) is 2.72. The number of esters is 2. The maximum absolute atomic E-state index is 14.3. The number of hydrogen-bond donors (Lipinski definition) is 1. The summed E-state index contributed by atoms with van der Waals surface area (Å²) < 4.78 is 20.9. The number of methoxy groups -OCH3 is 2. The Morgan fingerprint density at radius 3 is 2.23 bits per heavy atom. The van der Waals surface area contributed by atoms with E-state index in [0.29, 0.717) is 28.6 Å². The van der Waals surface area contributed by atoms with Crippen molar-refractivity contribution in [3.63, 3.8) is 0 Å². The molecule has 14 nitrogen and oxygen atoms in total. The number of aromatic nitrogens is 2. The van der Waals surface area contributed by atoms with Gasteiger partial charge in [0.05, 0.1) is 20.6 Å². The standard InChI is InChI=1S/C38H41N5O9/c1-38(2,3)51-32(45)23-42-19-20-43(30(37(42)48)22-31(44)50-5)36(47)29(21-24-11-17-28(49-4)18-12-24)39-34(46)26-15-13-25(14-16-26)33-40-35(52-41-33)27-9-7-6-8-10-27/h6-18,29-30H,19-23H2,1-5H3,(H,39,46)/t29-,30-/m0/s1. The number of rotatable bonds is 12. The number of nitrogens with one attached hydrogen (secondary N) is 1. The minimum atomic E-state index is -1.28. The van der Waals surface area contributed by atoms with Crippen LogP contribution in [0.2, 0.25) is 0 Å². The molecule has 1 N–H and O–H groups in total. The van der Waals surface area contributed by atoms with Gasteiger partial charge in [0.15, 0.2) is 0 Å². The predicted molar refractivity (Wildman–Crippen MR) is 188 cm³/mol. The van der Waals surface area contributed by atoms with E-state index in [1.165, 1.54) is 24.0 Å². The van der Waals surface area contributed by atoms with Crippen molar-refractivity contribution in [2.24, 2.45) is 0 Å². The second kappa shape index (κ2) is 16.3. The van der Waals surface area contributed by atoms with E-state index >= 15 is 0 Å². The first kappa shape index (κ1) is 37.2. The fraction of sp³-hybridized carbons (Fsp3) is 0.342. The highest BCUT2D eigenvalue weighted by atomic mass is 16.6. The topological polar surface area (TPSA) is 170 Å². The van der Waals surface area contributed by atoms with E-state index in [9.17, 15) is 24.0 Å². The van der Waals surface area contributed by atoms with Crippen LogP contribution in [0.25, 0.3) is 22.8 Å². The van der Waals surface area contributed by atoms with Crippen molar-refractivity contribution in [1.82, 2.24) is 25.3 Å². The number of piperazine rings is 1. The molecule has 2 heterocycles. The molecule has 1 aliphatic heterocycles. The molecule has 272 valence electrons. The minimum absolute atomic E-state index is 0.00557. The van der Waals surface area contributed by atoms with Crippen LogP contribution in [0.4, 0.5) is 0 Å². The highest BCUT2D eigenvalue weighted by Crippen LogP contribution is 2.24. The van der Waals surface area contributed by atoms with Crippen LogP contribution in [0, 0.1) is 0 Å². The van der Waals surface area contributed by atoms with Crippen LogP contribution in [0.15, 0.2) is 83.4 Å². The summed E-state index contributed by atoms with van der Waals surface area (Å²) in [4.78, 5) is 73.8. The normalized spacial score (nSPS) is 15.1. The first-order valence-corrected chi connectivity index (χ1v) is 16.7. The highest BCUT2D eigenvalue weighted by molar-refractivity contribution is 5.99. The zero-order valence-corrected chi connectivity index (χ0v) is 29.7. The maximum atomic E-state index is 14.3. The second-order valence-corrected chi connectivity index (χ2v) is 13.1. The number of carbonyl (C=O) groups is 5. The fourth-order valence-corrected chi connectivity index (χ4v) is 5.68. The third-order valence-corrected chi connectivity index (χ3v) is 8.25. The molecule has 3 amide bonds. The molecule has 0 bridgehead atoms. The van der Waals surface area contributed by atoms with Crippen molar-refractivity contribution in [3.8, 4) is 28.6 Å². The Labute approximate surface area is 301 Å². The number of carbonyl (C=O) groups excluding carboxylic acids is 5. The van der Waals surface area contributed by atoms with Gasteiger partial charge in [0, 0.05) is 36.2 Å². The minimum Gasteiger partial charge on any atom is -0.497 e. The molecule has 1 aromatic heterocycles. The Balaban J connectivity index is 1.37. The van der Waals surface area contributed by atoms with Crippen molar-refractivity contribution < 1.29 is 42.7 Å². The Kier molecular flexibility index (Phi) is 11.7. The first-order chi connectivity index (χ1) is 24.8. The third kappa shape index (κ3) is 9.38. The van der Waals surface area contributed by atoms with Crippen molar-refractivity contribution in [1.29, 1.82) is 0 Å². The van der Waals surface area contributed by atoms with Crippen molar-refractivity contribution in [3.05, 3.63) is 90.0 Å². The first-order valence-electron chi connectivity index (χ1n) is 16.7. The van der Waals surface area contributed by atoms with Crippen LogP contribution in [-0.2, 0) is 35.1 Å². The number of nitrogens with zero attached hydrogens (tertiary/aromatic N) is 4. The number of amides is 3. The Morgan fingerprint density at radius 1 is 0.904 bits per heavy atom. The quantitative estimate of drug-likeness (QED) is 0.213. The van der Waals surface area contributed by atoms with Gasteiger partial charge in [-0.2, -0.15) is 4.98 Å². The summed E-state index contributed by atoms with van der Waals surface area (Å²) in [5, 5.41) is 6.90. The zero-order chi connectivity index (χ0) is 37.4. The molecule has 0 unspecified atom stereocenters. The second-order valence-electron chi connectivity index (χ2n) is 13.1. The molecule has 1 aliphatic rings. The molecule has 14 heteroatoms. The molecule has 0 saturated carbocycles. The van der Waals surface area contributed by atoms with Crippen LogP contribution >= 0.6 is 0 Å². The average molecular weight is 712 g/mol. The summed E-state index contributed by atoms with van der Waals surface area (Å²) in [5.74, 6) is -1.78. The summed E-state index contributed by atoms with van der Waals surface area (Å²) in [6.45, 7) is 4.79. The SMILES string of the molecule is COC(=O)C[C@H]1C(=O)N(CC(=O)OC(C)(C)C)CCN1C(=O)[C@H](Cc1ccc(OC)cc1)NC(=O)c1ccc(-c2noc(-c3ccccc3)n2)cc1. The van der Waals surface area contributed by atoms with Gasteiger partial charge in [-0.25, -0.2) is 0 Å². The molecule has 1 fully saturated rings. The van der Waals surface area contributed by atoms with E-state index < -0.39 is 53.8 Å². The summed E-state index contributed by atoms with van der Waals surface area (Å²) in [6.07, 6.45) is -0.381. The molecule has 5 rings (SSSR count). The van der Waals surface area contributed by atoms with E-state index in [1.54, 1.807) is 69.3 Å². The van der Waals surface area contributed by atoms with Crippen LogP contribution in [0.1, 0.15) is 43.1 Å². The molecule has 0 spiro atoms. The lowest BCUT2D eigenvalue weighted by Crippen LogP contribution is -2.63. The summed E-state index contributed by atoms with van der Waals surface area (Å²) in [5.41, 5.74) is 1.58. The van der Waals surface area contributed by atoms with Gasteiger partial charge in [0.2, 0.25) is 17.6 Å². The third-order valence-electron chi connectivity index (χ3n) is 8.25. The zero-order valence-electron chi connectivity index (χ0n) is 29.7. The molecule has 2 atom stereocenters. The molecule has 1 saturated heterocycles. The van der Waals surface area contributed by atoms with Gasteiger partial charge in [-0.3, -0.25) is 24.0 Å². The highest BCUT2D eigenvalue weighted by Gasteiger charge is 2.42. The van der Waals surface area contributed by atoms with E-state index in [-0.39, 0.29) is 31.6 Å². The summed E-state index contributed by atoms with van der Waals surface area (Å²) in [6, 6.07) is 20.4. The van der Waals surface area contributed by atoms with Crippen molar-refractivity contribution in [2.45, 2.75) is 51.3 Å². The maximum Gasteiger partial charge on any atom is 0.326 e. The smallest absolute Gasteiger partial charge is 0.326 e. The van der Waals surface area contributed by atoms with Gasteiger partial charge >= 0.3 is 11.9 Å². The Bertz CT molecular complexity index is 1890. The van der Waals surface area contributed by atoms with Crippen LogP contribution in [0.3, 0.4) is 0 Å². The van der Waals surface area contributed by atoms with E-state index in [1.807, 2.05) is 30.3 Å². The van der Waals surface area contributed by atoms with E-state index in [2.05, 4.69) is 15.5 Å². The number of benzene rings is 3. The molecule has 4 aromatic rings. The summed E-state index contributed by atoms with van der Waals surface area (Å²) >= 11 is 0. The Hall–Kier alpha value is -6.05. The molecule has 0 aliphatic carbocycles. The number of ether oxygens (including phenoxy) is 3. The van der Waals surface area contributed by atoms with Gasteiger partial charge in [0.25, 0.3) is 11.8 Å². The van der Waals surface area contributed by atoms with Gasteiger partial charge in [-0.05, 0) is 62.7 Å². The monoisotopic (exact) mass is 711 g/mol. The van der Waals surface area contributed by atoms with E-state index in [0.717, 1.165) is 5.56 Å². The van der Waals surface area contributed by atoms with Gasteiger partial charge in [-0.15, -0.1) is 0 Å². The van der Waals surface area contributed by atoms with Crippen LogP contribution in [0.5, 0.6) is 5.75 Å².